The normalized spacial score (nSPS) is 11.9. The van der Waals surface area contributed by atoms with E-state index in [2.05, 4.69) is 10.3 Å². The number of carbonyl (C=O) groups excluding carboxylic acids is 1. The van der Waals surface area contributed by atoms with Crippen molar-refractivity contribution in [2.24, 2.45) is 11.8 Å². The summed E-state index contributed by atoms with van der Waals surface area (Å²) in [5.74, 6) is -0.446. The van der Waals surface area contributed by atoms with Crippen LogP contribution in [0.25, 0.3) is 0 Å². The van der Waals surface area contributed by atoms with E-state index in [-0.39, 0.29) is 11.8 Å². The number of aromatic nitrogens is 1. The van der Waals surface area contributed by atoms with Gasteiger partial charge in [-0.15, -0.1) is 0 Å². The first-order valence-corrected chi connectivity index (χ1v) is 5.17. The molecule has 0 fully saturated rings. The molecule has 0 aliphatic heterocycles. The van der Waals surface area contributed by atoms with Gasteiger partial charge in [-0.3, -0.25) is 4.79 Å². The molecule has 0 bridgehead atoms. The highest BCUT2D eigenvalue weighted by molar-refractivity contribution is 5.93. The summed E-state index contributed by atoms with van der Waals surface area (Å²) in [5, 5.41) is 11.5. The molecule has 0 aromatic carbocycles. The Morgan fingerprint density at radius 2 is 2.25 bits per heavy atom. The summed E-state index contributed by atoms with van der Waals surface area (Å²) in [4.78, 5) is 15.7. The Kier molecular flexibility index (Phi) is 4.01. The molecule has 0 saturated carbocycles. The van der Waals surface area contributed by atoms with Crippen LogP contribution in [0.5, 0.6) is 0 Å². The summed E-state index contributed by atoms with van der Waals surface area (Å²) >= 11 is 0. The van der Waals surface area contributed by atoms with Gasteiger partial charge in [0.1, 0.15) is 11.7 Å². The summed E-state index contributed by atoms with van der Waals surface area (Å²) in [7, 11) is 0. The minimum Gasteiger partial charge on any atom is -0.310 e. The maximum absolute atomic E-state index is 11.7. The van der Waals surface area contributed by atoms with Crippen molar-refractivity contribution < 1.29 is 4.79 Å². The summed E-state index contributed by atoms with van der Waals surface area (Å²) in [6.07, 6.45) is 1.63. The van der Waals surface area contributed by atoms with Gasteiger partial charge in [-0.25, -0.2) is 4.98 Å². The molecule has 4 nitrogen and oxygen atoms in total. The molecule has 4 heteroatoms. The van der Waals surface area contributed by atoms with Crippen molar-refractivity contribution in [3.63, 3.8) is 0 Å². The fourth-order valence-corrected chi connectivity index (χ4v) is 1.32. The third-order valence-corrected chi connectivity index (χ3v) is 2.25. The van der Waals surface area contributed by atoms with Crippen LogP contribution in [0.3, 0.4) is 0 Å². The third-order valence-electron chi connectivity index (χ3n) is 2.25. The zero-order valence-corrected chi connectivity index (χ0v) is 9.69. The first kappa shape index (κ1) is 12.2. The maximum atomic E-state index is 11.7. The summed E-state index contributed by atoms with van der Waals surface area (Å²) in [6, 6.07) is 5.61. The number of anilines is 1. The summed E-state index contributed by atoms with van der Waals surface area (Å²) < 4.78 is 0. The van der Waals surface area contributed by atoms with Gasteiger partial charge in [0, 0.05) is 6.20 Å². The van der Waals surface area contributed by atoms with Gasteiger partial charge in [-0.1, -0.05) is 13.8 Å². The number of amides is 1. The number of aryl methyl sites for hydroxylation is 1. The second kappa shape index (κ2) is 5.26. The lowest BCUT2D eigenvalue weighted by Crippen LogP contribution is -2.26. The predicted octanol–water partition coefficient (Wildman–Crippen LogP) is 2.12. The molecule has 0 saturated heterocycles. The van der Waals surface area contributed by atoms with Gasteiger partial charge in [0.25, 0.3) is 0 Å². The molecule has 1 atom stereocenters. The quantitative estimate of drug-likeness (QED) is 0.843. The van der Waals surface area contributed by atoms with E-state index in [4.69, 9.17) is 5.26 Å². The molecule has 1 rings (SSSR count). The smallest absolute Gasteiger partial charge is 0.243 e. The van der Waals surface area contributed by atoms with Crippen molar-refractivity contribution >= 4 is 11.7 Å². The minimum absolute atomic E-state index is 0.00481. The molecule has 1 amide bonds. The Morgan fingerprint density at radius 1 is 1.56 bits per heavy atom. The van der Waals surface area contributed by atoms with Crippen LogP contribution in [-0.2, 0) is 4.79 Å². The molecule has 1 heterocycles. The van der Waals surface area contributed by atoms with Crippen molar-refractivity contribution in [2.75, 3.05) is 5.32 Å². The Bertz CT molecular complexity index is 421. The van der Waals surface area contributed by atoms with Crippen LogP contribution in [0.2, 0.25) is 0 Å². The Hall–Kier alpha value is -1.89. The molecule has 1 unspecified atom stereocenters. The fraction of sp³-hybridized carbons (Fsp3) is 0.417. The zero-order valence-electron chi connectivity index (χ0n) is 9.69. The van der Waals surface area contributed by atoms with Crippen molar-refractivity contribution in [3.05, 3.63) is 23.9 Å². The van der Waals surface area contributed by atoms with Crippen LogP contribution in [0, 0.1) is 30.1 Å². The number of nitrogens with one attached hydrogen (secondary N) is 1. The van der Waals surface area contributed by atoms with E-state index in [0.717, 1.165) is 5.56 Å². The first-order valence-electron chi connectivity index (χ1n) is 5.17. The number of rotatable bonds is 3. The van der Waals surface area contributed by atoms with Crippen LogP contribution in [0.1, 0.15) is 19.4 Å². The van der Waals surface area contributed by atoms with E-state index in [1.165, 1.54) is 0 Å². The van der Waals surface area contributed by atoms with Crippen molar-refractivity contribution in [1.29, 1.82) is 5.26 Å². The van der Waals surface area contributed by atoms with E-state index < -0.39 is 5.92 Å². The SMILES string of the molecule is Cc1ccnc(NC(=O)C(C#N)C(C)C)c1. The average molecular weight is 217 g/mol. The van der Waals surface area contributed by atoms with Crippen LogP contribution in [0.15, 0.2) is 18.3 Å². The fourth-order valence-electron chi connectivity index (χ4n) is 1.32. The van der Waals surface area contributed by atoms with Crippen molar-refractivity contribution in [2.45, 2.75) is 20.8 Å². The third kappa shape index (κ3) is 3.06. The molecule has 84 valence electrons. The van der Waals surface area contributed by atoms with Gasteiger partial charge in [0.05, 0.1) is 6.07 Å². The average Bonchev–Trinajstić information content (AvgIpc) is 2.17. The molecule has 1 aromatic heterocycles. The number of hydrogen-bond acceptors (Lipinski definition) is 3. The monoisotopic (exact) mass is 217 g/mol. The summed E-state index contributed by atoms with van der Waals surface area (Å²) in [5.41, 5.74) is 1.02. The molecule has 0 spiro atoms. The van der Waals surface area contributed by atoms with Gasteiger partial charge in [-0.2, -0.15) is 5.26 Å². The number of pyridine rings is 1. The molecule has 1 N–H and O–H groups in total. The number of nitrogens with zero attached hydrogens (tertiary/aromatic N) is 2. The summed E-state index contributed by atoms with van der Waals surface area (Å²) in [6.45, 7) is 5.61. The van der Waals surface area contributed by atoms with Gasteiger partial charge < -0.3 is 5.32 Å². The second-order valence-corrected chi connectivity index (χ2v) is 4.06. The van der Waals surface area contributed by atoms with Gasteiger partial charge in [-0.05, 0) is 30.5 Å². The van der Waals surface area contributed by atoms with Crippen LogP contribution in [0.4, 0.5) is 5.82 Å². The molecule has 1 aromatic rings. The van der Waals surface area contributed by atoms with Gasteiger partial charge in [0.15, 0.2) is 0 Å². The highest BCUT2D eigenvalue weighted by atomic mass is 16.1. The molecule has 0 aliphatic rings. The van der Waals surface area contributed by atoms with Crippen molar-refractivity contribution in [1.82, 2.24) is 4.98 Å². The zero-order chi connectivity index (χ0) is 12.1. The minimum atomic E-state index is -0.637. The first-order chi connectivity index (χ1) is 7.54. The molecular formula is C12H15N3O. The molecule has 0 radical (unpaired) electrons. The topological polar surface area (TPSA) is 65.8 Å². The maximum Gasteiger partial charge on any atom is 0.243 e. The highest BCUT2D eigenvalue weighted by Gasteiger charge is 2.21. The Balaban J connectivity index is 2.75. The van der Waals surface area contributed by atoms with E-state index >= 15 is 0 Å². The highest BCUT2D eigenvalue weighted by Crippen LogP contribution is 2.13. The van der Waals surface area contributed by atoms with Crippen molar-refractivity contribution in [3.8, 4) is 6.07 Å². The Labute approximate surface area is 95.3 Å². The van der Waals surface area contributed by atoms with E-state index in [1.807, 2.05) is 32.9 Å². The van der Waals surface area contributed by atoms with Gasteiger partial charge in [0.2, 0.25) is 5.91 Å². The number of hydrogen-bond donors (Lipinski definition) is 1. The molecule has 16 heavy (non-hydrogen) atoms. The lowest BCUT2D eigenvalue weighted by Gasteiger charge is -2.12. The predicted molar refractivity (Wildman–Crippen MR) is 61.5 cm³/mol. The largest absolute Gasteiger partial charge is 0.310 e. The molecular weight excluding hydrogens is 202 g/mol. The lowest BCUT2D eigenvalue weighted by molar-refractivity contribution is -0.119. The second-order valence-electron chi connectivity index (χ2n) is 4.06. The van der Waals surface area contributed by atoms with E-state index in [9.17, 15) is 4.79 Å². The van der Waals surface area contributed by atoms with Crippen LogP contribution < -0.4 is 5.32 Å². The van der Waals surface area contributed by atoms with E-state index in [1.54, 1.807) is 12.3 Å². The van der Waals surface area contributed by atoms with Crippen LogP contribution in [-0.4, -0.2) is 10.9 Å². The Morgan fingerprint density at radius 3 is 2.75 bits per heavy atom. The van der Waals surface area contributed by atoms with E-state index in [0.29, 0.717) is 5.82 Å². The van der Waals surface area contributed by atoms with Crippen LogP contribution >= 0.6 is 0 Å². The van der Waals surface area contributed by atoms with Gasteiger partial charge >= 0.3 is 0 Å². The lowest BCUT2D eigenvalue weighted by atomic mass is 9.97. The molecule has 0 aliphatic carbocycles. The standard InChI is InChI=1S/C12H15N3O/c1-8(2)10(7-13)12(16)15-11-6-9(3)4-5-14-11/h4-6,8,10H,1-3H3,(H,14,15,16). The number of carbonyl (C=O) groups is 1. The number of nitriles is 1.